The lowest BCUT2D eigenvalue weighted by Gasteiger charge is -2.19. The second kappa shape index (κ2) is 6.01. The summed E-state index contributed by atoms with van der Waals surface area (Å²) in [6, 6.07) is 3.62. The predicted molar refractivity (Wildman–Crippen MR) is 76.2 cm³/mol. The van der Waals surface area contributed by atoms with Crippen molar-refractivity contribution in [2.24, 2.45) is 7.05 Å². The summed E-state index contributed by atoms with van der Waals surface area (Å²) in [4.78, 5) is 16.9. The lowest BCUT2D eigenvalue weighted by molar-refractivity contribution is -0.131. The van der Waals surface area contributed by atoms with E-state index in [0.717, 1.165) is 23.0 Å². The molecule has 0 radical (unpaired) electrons. The Morgan fingerprint density at radius 1 is 1.55 bits per heavy atom. The Morgan fingerprint density at radius 2 is 2.35 bits per heavy atom. The molecule has 1 N–H and O–H groups in total. The van der Waals surface area contributed by atoms with Crippen LogP contribution in [0.3, 0.4) is 0 Å². The highest BCUT2D eigenvalue weighted by molar-refractivity contribution is 5.86. The van der Waals surface area contributed by atoms with Gasteiger partial charge in [-0.2, -0.15) is 5.10 Å². The van der Waals surface area contributed by atoms with Crippen LogP contribution >= 0.6 is 0 Å². The van der Waals surface area contributed by atoms with Gasteiger partial charge in [0.2, 0.25) is 0 Å². The average Bonchev–Trinajstić information content (AvgIpc) is 2.82. The van der Waals surface area contributed by atoms with Crippen LogP contribution in [-0.4, -0.2) is 32.9 Å². The Bertz CT molecular complexity index is 634. The van der Waals surface area contributed by atoms with Gasteiger partial charge in [0.25, 0.3) is 0 Å². The van der Waals surface area contributed by atoms with Gasteiger partial charge < -0.3 is 10.0 Å². The van der Waals surface area contributed by atoms with E-state index in [1.165, 1.54) is 0 Å². The van der Waals surface area contributed by atoms with Crippen molar-refractivity contribution in [2.45, 2.75) is 6.54 Å². The Labute approximate surface area is 117 Å². The molecule has 0 unspecified atom stereocenters. The molecule has 2 aromatic heterocycles. The SMILES string of the molecule is CN(Cc1cnn(C)c1)c1ncccc1/C=C/C(=O)O. The quantitative estimate of drug-likeness (QED) is 0.836. The van der Waals surface area contributed by atoms with Crippen molar-refractivity contribution in [1.82, 2.24) is 14.8 Å². The first-order valence-electron chi connectivity index (χ1n) is 6.11. The van der Waals surface area contributed by atoms with E-state index >= 15 is 0 Å². The minimum absolute atomic E-state index is 0.652. The molecule has 0 spiro atoms. The first-order valence-corrected chi connectivity index (χ1v) is 6.11. The van der Waals surface area contributed by atoms with Crippen molar-refractivity contribution < 1.29 is 9.90 Å². The second-order valence-corrected chi connectivity index (χ2v) is 4.47. The van der Waals surface area contributed by atoms with Crippen molar-refractivity contribution in [3.8, 4) is 0 Å². The van der Waals surface area contributed by atoms with Crippen LogP contribution in [0.15, 0.2) is 36.8 Å². The number of aromatic nitrogens is 3. The van der Waals surface area contributed by atoms with Crippen molar-refractivity contribution in [1.29, 1.82) is 0 Å². The number of carbonyl (C=O) groups is 1. The van der Waals surface area contributed by atoms with E-state index in [4.69, 9.17) is 5.11 Å². The molecule has 6 nitrogen and oxygen atoms in total. The third-order valence-electron chi connectivity index (χ3n) is 2.76. The molecular formula is C14H16N4O2. The number of hydrogen-bond donors (Lipinski definition) is 1. The highest BCUT2D eigenvalue weighted by Gasteiger charge is 2.08. The van der Waals surface area contributed by atoms with E-state index in [0.29, 0.717) is 6.54 Å². The van der Waals surface area contributed by atoms with Gasteiger partial charge >= 0.3 is 5.97 Å². The highest BCUT2D eigenvalue weighted by Crippen LogP contribution is 2.19. The molecule has 2 heterocycles. The van der Waals surface area contributed by atoms with Gasteiger partial charge in [-0.1, -0.05) is 0 Å². The zero-order valence-corrected chi connectivity index (χ0v) is 11.4. The molecule has 0 aliphatic rings. The van der Waals surface area contributed by atoms with Crippen molar-refractivity contribution in [3.05, 3.63) is 47.9 Å². The third kappa shape index (κ3) is 3.44. The number of carboxylic acid groups (broad SMARTS) is 1. The lowest BCUT2D eigenvalue weighted by Crippen LogP contribution is -2.18. The number of hydrogen-bond acceptors (Lipinski definition) is 4. The summed E-state index contributed by atoms with van der Waals surface area (Å²) in [5.74, 6) is -0.247. The molecule has 20 heavy (non-hydrogen) atoms. The fourth-order valence-corrected chi connectivity index (χ4v) is 1.92. The molecule has 0 saturated heterocycles. The molecule has 0 saturated carbocycles. The zero-order chi connectivity index (χ0) is 14.5. The molecule has 6 heteroatoms. The van der Waals surface area contributed by atoms with E-state index in [1.54, 1.807) is 29.2 Å². The normalized spacial score (nSPS) is 10.9. The topological polar surface area (TPSA) is 71.2 Å². The zero-order valence-electron chi connectivity index (χ0n) is 11.4. The van der Waals surface area contributed by atoms with Crippen LogP contribution in [0.4, 0.5) is 5.82 Å². The highest BCUT2D eigenvalue weighted by atomic mass is 16.4. The Kier molecular flexibility index (Phi) is 4.14. The van der Waals surface area contributed by atoms with Gasteiger partial charge in [-0.3, -0.25) is 4.68 Å². The molecule has 0 aromatic carbocycles. The van der Waals surface area contributed by atoms with Crippen molar-refractivity contribution in [3.63, 3.8) is 0 Å². The maximum absolute atomic E-state index is 10.6. The van der Waals surface area contributed by atoms with E-state index in [-0.39, 0.29) is 0 Å². The van der Waals surface area contributed by atoms with Crippen molar-refractivity contribution >= 4 is 17.9 Å². The van der Waals surface area contributed by atoms with Gasteiger partial charge in [-0.05, 0) is 18.2 Å². The number of carboxylic acids is 1. The minimum atomic E-state index is -0.977. The Hall–Kier alpha value is -2.63. The molecule has 0 bridgehead atoms. The summed E-state index contributed by atoms with van der Waals surface area (Å²) in [5.41, 5.74) is 1.83. The summed E-state index contributed by atoms with van der Waals surface area (Å²) in [5, 5.41) is 12.8. The molecule has 0 atom stereocenters. The van der Waals surface area contributed by atoms with E-state index in [2.05, 4.69) is 10.1 Å². The largest absolute Gasteiger partial charge is 0.478 e. The third-order valence-corrected chi connectivity index (χ3v) is 2.76. The summed E-state index contributed by atoms with van der Waals surface area (Å²) < 4.78 is 1.74. The van der Waals surface area contributed by atoms with E-state index in [9.17, 15) is 4.79 Å². The van der Waals surface area contributed by atoms with E-state index in [1.807, 2.05) is 31.3 Å². The van der Waals surface area contributed by atoms with Gasteiger partial charge in [-0.15, -0.1) is 0 Å². The Balaban J connectivity index is 2.20. The number of anilines is 1. The number of aliphatic carboxylic acids is 1. The standard InChI is InChI=1S/C14H16N4O2/c1-17(9-11-8-16-18(2)10-11)14-12(4-3-7-15-14)5-6-13(19)20/h3-8,10H,9H2,1-2H3,(H,19,20)/b6-5+. The molecule has 104 valence electrons. The number of rotatable bonds is 5. The van der Waals surface area contributed by atoms with Gasteiger partial charge in [0.05, 0.1) is 6.20 Å². The fraction of sp³-hybridized carbons (Fsp3) is 0.214. The summed E-state index contributed by atoms with van der Waals surface area (Å²) >= 11 is 0. The summed E-state index contributed by atoms with van der Waals surface area (Å²) in [6.07, 6.45) is 8.08. The first-order chi connectivity index (χ1) is 9.56. The van der Waals surface area contributed by atoms with Crippen LogP contribution in [0.25, 0.3) is 6.08 Å². The predicted octanol–water partition coefficient (Wildman–Crippen LogP) is 1.55. The molecular weight excluding hydrogens is 256 g/mol. The first kappa shape index (κ1) is 13.8. The Morgan fingerprint density at radius 3 is 3.00 bits per heavy atom. The fourth-order valence-electron chi connectivity index (χ4n) is 1.92. The van der Waals surface area contributed by atoms with Gasteiger partial charge in [0.15, 0.2) is 0 Å². The number of pyridine rings is 1. The molecule has 2 aromatic rings. The van der Waals surface area contributed by atoms with Crippen LogP contribution in [-0.2, 0) is 18.4 Å². The number of aryl methyl sites for hydroxylation is 1. The summed E-state index contributed by atoms with van der Waals surface area (Å²) in [6.45, 7) is 0.652. The van der Waals surface area contributed by atoms with Crippen LogP contribution in [0.2, 0.25) is 0 Å². The summed E-state index contributed by atoms with van der Waals surface area (Å²) in [7, 11) is 3.78. The molecule has 2 rings (SSSR count). The van der Waals surface area contributed by atoms with Crippen LogP contribution in [0.5, 0.6) is 0 Å². The molecule has 0 fully saturated rings. The lowest BCUT2D eigenvalue weighted by atomic mass is 10.2. The monoisotopic (exact) mass is 272 g/mol. The molecule has 0 aliphatic heterocycles. The smallest absolute Gasteiger partial charge is 0.328 e. The van der Waals surface area contributed by atoms with Crippen molar-refractivity contribution in [2.75, 3.05) is 11.9 Å². The maximum Gasteiger partial charge on any atom is 0.328 e. The minimum Gasteiger partial charge on any atom is -0.478 e. The van der Waals surface area contributed by atoms with E-state index < -0.39 is 5.97 Å². The molecule has 0 amide bonds. The van der Waals surface area contributed by atoms with Crippen LogP contribution in [0, 0.1) is 0 Å². The maximum atomic E-state index is 10.6. The average molecular weight is 272 g/mol. The van der Waals surface area contributed by atoms with Gasteiger partial charge in [-0.25, -0.2) is 9.78 Å². The van der Waals surface area contributed by atoms with Crippen LogP contribution in [0.1, 0.15) is 11.1 Å². The van der Waals surface area contributed by atoms with Gasteiger partial charge in [0, 0.05) is 50.2 Å². The molecule has 0 aliphatic carbocycles. The second-order valence-electron chi connectivity index (χ2n) is 4.47. The number of nitrogens with zero attached hydrogens (tertiary/aromatic N) is 4. The van der Waals surface area contributed by atoms with Crippen LogP contribution < -0.4 is 4.90 Å². The van der Waals surface area contributed by atoms with Gasteiger partial charge in [0.1, 0.15) is 5.82 Å².